The molecule has 1 aromatic carbocycles. The third-order valence-electron chi connectivity index (χ3n) is 3.07. The highest BCUT2D eigenvalue weighted by atomic mass is 16.3. The first-order valence-electron chi connectivity index (χ1n) is 7.46. The molecular formula is C17H19N3O3. The number of benzene rings is 1. The maximum atomic E-state index is 12.0. The van der Waals surface area contributed by atoms with E-state index in [1.54, 1.807) is 36.4 Å². The van der Waals surface area contributed by atoms with Gasteiger partial charge in [-0.2, -0.15) is 5.10 Å². The molecule has 2 amide bonds. The molecule has 0 unspecified atom stereocenters. The van der Waals surface area contributed by atoms with Crippen molar-refractivity contribution in [2.75, 3.05) is 5.32 Å². The van der Waals surface area contributed by atoms with Gasteiger partial charge in [-0.25, -0.2) is 5.43 Å². The quantitative estimate of drug-likeness (QED) is 0.608. The average Bonchev–Trinajstić information content (AvgIpc) is 3.06. The van der Waals surface area contributed by atoms with Crippen molar-refractivity contribution in [3.63, 3.8) is 0 Å². The van der Waals surface area contributed by atoms with Crippen LogP contribution in [0.3, 0.4) is 0 Å². The second-order valence-electron chi connectivity index (χ2n) is 4.95. The minimum atomic E-state index is -0.363. The zero-order valence-corrected chi connectivity index (χ0v) is 12.9. The number of carbonyl (C=O) groups excluding carboxylic acids is 2. The number of hydrogen-bond donors (Lipinski definition) is 2. The van der Waals surface area contributed by atoms with Crippen LogP contribution in [0, 0.1) is 0 Å². The topological polar surface area (TPSA) is 83.7 Å². The summed E-state index contributed by atoms with van der Waals surface area (Å²) in [6.07, 6.45) is 5.21. The largest absolute Gasteiger partial charge is 0.463 e. The fourth-order valence-electron chi connectivity index (χ4n) is 1.88. The number of hydrogen-bond acceptors (Lipinski definition) is 4. The molecule has 2 aromatic rings. The van der Waals surface area contributed by atoms with Gasteiger partial charge in [0.1, 0.15) is 5.76 Å². The molecule has 0 saturated heterocycles. The molecule has 0 atom stereocenters. The van der Waals surface area contributed by atoms with Crippen molar-refractivity contribution in [3.05, 3.63) is 54.0 Å². The van der Waals surface area contributed by atoms with Gasteiger partial charge >= 0.3 is 0 Å². The van der Waals surface area contributed by atoms with Crippen LogP contribution in [0.25, 0.3) is 0 Å². The highest BCUT2D eigenvalue weighted by molar-refractivity contribution is 5.97. The van der Waals surface area contributed by atoms with Gasteiger partial charge in [0.05, 0.1) is 12.5 Å². The number of unbranched alkanes of at least 4 members (excludes halogenated alkanes) is 1. The molecule has 6 heteroatoms. The fraction of sp³-hybridized carbons (Fsp3) is 0.235. The van der Waals surface area contributed by atoms with Crippen LogP contribution in [0.5, 0.6) is 0 Å². The van der Waals surface area contributed by atoms with E-state index >= 15 is 0 Å². The van der Waals surface area contributed by atoms with Gasteiger partial charge in [0.25, 0.3) is 5.91 Å². The molecule has 6 nitrogen and oxygen atoms in total. The first-order chi connectivity index (χ1) is 11.2. The summed E-state index contributed by atoms with van der Waals surface area (Å²) in [6, 6.07) is 10.2. The van der Waals surface area contributed by atoms with Crippen molar-refractivity contribution >= 4 is 23.7 Å². The molecular weight excluding hydrogens is 294 g/mol. The summed E-state index contributed by atoms with van der Waals surface area (Å²) in [5.74, 6) is 0.125. The predicted molar refractivity (Wildman–Crippen MR) is 88.4 cm³/mol. The number of nitrogens with one attached hydrogen (secondary N) is 2. The lowest BCUT2D eigenvalue weighted by atomic mass is 10.2. The molecule has 1 aromatic heterocycles. The van der Waals surface area contributed by atoms with Crippen LogP contribution >= 0.6 is 0 Å². The second kappa shape index (κ2) is 8.53. The monoisotopic (exact) mass is 313 g/mol. The van der Waals surface area contributed by atoms with Crippen LogP contribution < -0.4 is 10.7 Å². The predicted octanol–water partition coefficient (Wildman–Crippen LogP) is 3.17. The number of amides is 2. The van der Waals surface area contributed by atoms with Gasteiger partial charge in [0.2, 0.25) is 5.91 Å². The van der Waals surface area contributed by atoms with Gasteiger partial charge < -0.3 is 9.73 Å². The van der Waals surface area contributed by atoms with Crippen LogP contribution in [-0.2, 0) is 4.79 Å². The minimum Gasteiger partial charge on any atom is -0.463 e. The first-order valence-corrected chi connectivity index (χ1v) is 7.46. The second-order valence-corrected chi connectivity index (χ2v) is 4.95. The van der Waals surface area contributed by atoms with Gasteiger partial charge in [-0.15, -0.1) is 0 Å². The van der Waals surface area contributed by atoms with Gasteiger partial charge in [-0.1, -0.05) is 19.4 Å². The van der Waals surface area contributed by atoms with E-state index in [0.29, 0.717) is 23.4 Å². The molecule has 0 radical (unpaired) electrons. The molecule has 0 aliphatic carbocycles. The molecule has 23 heavy (non-hydrogen) atoms. The lowest BCUT2D eigenvalue weighted by Crippen LogP contribution is -2.18. The summed E-state index contributed by atoms with van der Waals surface area (Å²) in [7, 11) is 0. The Bertz CT molecular complexity index is 678. The summed E-state index contributed by atoms with van der Waals surface area (Å²) in [5, 5.41) is 6.59. The first kappa shape index (κ1) is 16.5. The van der Waals surface area contributed by atoms with E-state index in [1.807, 2.05) is 6.92 Å². The molecule has 0 fully saturated rings. The maximum absolute atomic E-state index is 12.0. The Hall–Kier alpha value is -2.89. The van der Waals surface area contributed by atoms with Crippen LogP contribution in [0.4, 0.5) is 5.69 Å². The zero-order valence-electron chi connectivity index (χ0n) is 12.9. The lowest BCUT2D eigenvalue weighted by molar-refractivity contribution is -0.116. The Morgan fingerprint density at radius 2 is 2.13 bits per heavy atom. The van der Waals surface area contributed by atoms with E-state index in [1.165, 1.54) is 12.5 Å². The van der Waals surface area contributed by atoms with E-state index in [9.17, 15) is 9.59 Å². The van der Waals surface area contributed by atoms with Crippen molar-refractivity contribution in [1.82, 2.24) is 5.43 Å². The summed E-state index contributed by atoms with van der Waals surface area (Å²) in [6.45, 7) is 2.03. The van der Waals surface area contributed by atoms with E-state index in [-0.39, 0.29) is 11.8 Å². The van der Waals surface area contributed by atoms with Crippen molar-refractivity contribution < 1.29 is 14.0 Å². The molecule has 2 N–H and O–H groups in total. The fourth-order valence-corrected chi connectivity index (χ4v) is 1.88. The van der Waals surface area contributed by atoms with Crippen LogP contribution in [0.1, 0.15) is 42.3 Å². The summed E-state index contributed by atoms with van der Waals surface area (Å²) in [4.78, 5) is 23.7. The molecule has 0 saturated carbocycles. The Balaban J connectivity index is 1.93. The summed E-state index contributed by atoms with van der Waals surface area (Å²) in [5.41, 5.74) is 3.41. The third-order valence-corrected chi connectivity index (χ3v) is 3.07. The molecule has 120 valence electrons. The normalized spacial score (nSPS) is 10.7. The lowest BCUT2D eigenvalue weighted by Gasteiger charge is -2.06. The van der Waals surface area contributed by atoms with Gasteiger partial charge in [0, 0.05) is 17.7 Å². The number of carbonyl (C=O) groups is 2. The number of anilines is 1. The highest BCUT2D eigenvalue weighted by Gasteiger charge is 2.07. The van der Waals surface area contributed by atoms with Crippen molar-refractivity contribution in [3.8, 4) is 0 Å². The number of rotatable bonds is 7. The van der Waals surface area contributed by atoms with Crippen LogP contribution in [0.2, 0.25) is 0 Å². The highest BCUT2D eigenvalue weighted by Crippen LogP contribution is 2.11. The Labute approximate surface area is 134 Å². The van der Waals surface area contributed by atoms with Gasteiger partial charge in [-0.05, 0) is 36.8 Å². The van der Waals surface area contributed by atoms with Crippen LogP contribution in [0.15, 0.2) is 52.2 Å². The Morgan fingerprint density at radius 3 is 2.87 bits per heavy atom. The van der Waals surface area contributed by atoms with Crippen molar-refractivity contribution in [2.24, 2.45) is 5.10 Å². The molecule has 0 aliphatic heterocycles. The molecule has 0 aliphatic rings. The van der Waals surface area contributed by atoms with E-state index in [2.05, 4.69) is 15.8 Å². The van der Waals surface area contributed by atoms with Gasteiger partial charge in [-0.3, -0.25) is 9.59 Å². The minimum absolute atomic E-state index is 0.0553. The number of hydrazone groups is 1. The van der Waals surface area contributed by atoms with E-state index in [0.717, 1.165) is 12.8 Å². The standard InChI is InChI=1S/C17H19N3O3/c1-2-3-9-16(21)19-14-7-4-6-13(11-14)17(22)20-18-12-15-8-5-10-23-15/h4-8,10-12H,2-3,9H2,1H3,(H,19,21)(H,20,22)/b18-12+. The number of furan rings is 1. The van der Waals surface area contributed by atoms with Crippen molar-refractivity contribution in [2.45, 2.75) is 26.2 Å². The molecule has 0 bridgehead atoms. The smallest absolute Gasteiger partial charge is 0.271 e. The Morgan fingerprint density at radius 1 is 1.26 bits per heavy atom. The van der Waals surface area contributed by atoms with Gasteiger partial charge in [0.15, 0.2) is 0 Å². The maximum Gasteiger partial charge on any atom is 0.271 e. The van der Waals surface area contributed by atoms with E-state index < -0.39 is 0 Å². The molecule has 1 heterocycles. The summed E-state index contributed by atoms with van der Waals surface area (Å²) < 4.78 is 5.07. The van der Waals surface area contributed by atoms with E-state index in [4.69, 9.17) is 4.42 Å². The van der Waals surface area contributed by atoms with Crippen LogP contribution in [-0.4, -0.2) is 18.0 Å². The molecule has 0 spiro atoms. The number of nitrogens with zero attached hydrogens (tertiary/aromatic N) is 1. The average molecular weight is 313 g/mol. The van der Waals surface area contributed by atoms with Crippen molar-refractivity contribution in [1.29, 1.82) is 0 Å². The summed E-state index contributed by atoms with van der Waals surface area (Å²) >= 11 is 0. The zero-order chi connectivity index (χ0) is 16.5. The third kappa shape index (κ3) is 5.43. The SMILES string of the molecule is CCCCC(=O)Nc1cccc(C(=O)N/N=C/c2ccco2)c1. The Kier molecular flexibility index (Phi) is 6.11. The molecule has 2 rings (SSSR count).